The molecule has 2 amide bonds. The molecule has 3 rings (SSSR count). The van der Waals surface area contributed by atoms with Crippen molar-refractivity contribution in [2.75, 3.05) is 6.61 Å². The third-order valence-electron chi connectivity index (χ3n) is 6.92. The number of aliphatic hydroxyl groups is 1. The van der Waals surface area contributed by atoms with Crippen LogP contribution in [0.5, 0.6) is 5.75 Å². The fourth-order valence-corrected chi connectivity index (χ4v) is 5.17. The van der Waals surface area contributed by atoms with E-state index in [4.69, 9.17) is 4.74 Å². The molecule has 1 heterocycles. The van der Waals surface area contributed by atoms with E-state index in [2.05, 4.69) is 56.4 Å². The first kappa shape index (κ1) is 27.3. The Morgan fingerprint density at radius 2 is 1.83 bits per heavy atom. The highest BCUT2D eigenvalue weighted by Crippen LogP contribution is 2.31. The van der Waals surface area contributed by atoms with E-state index < -0.39 is 6.10 Å². The summed E-state index contributed by atoms with van der Waals surface area (Å²) in [6, 6.07) is 12.9. The van der Waals surface area contributed by atoms with Gasteiger partial charge in [0.2, 0.25) is 5.91 Å². The quantitative estimate of drug-likeness (QED) is 0.414. The second-order valence-corrected chi connectivity index (χ2v) is 11.9. The van der Waals surface area contributed by atoms with E-state index in [1.54, 1.807) is 0 Å². The molecule has 0 spiro atoms. The van der Waals surface area contributed by atoms with Crippen molar-refractivity contribution in [2.24, 2.45) is 5.41 Å². The van der Waals surface area contributed by atoms with E-state index in [1.807, 2.05) is 26.8 Å². The van der Waals surface area contributed by atoms with Gasteiger partial charge in [0.05, 0.1) is 11.4 Å². The van der Waals surface area contributed by atoms with Crippen LogP contribution in [-0.4, -0.2) is 34.2 Å². The highest BCUT2D eigenvalue weighted by Gasteiger charge is 2.31. The van der Waals surface area contributed by atoms with Gasteiger partial charge >= 0.3 is 0 Å². The van der Waals surface area contributed by atoms with Crippen LogP contribution in [0.15, 0.2) is 36.4 Å². The van der Waals surface area contributed by atoms with Gasteiger partial charge in [0.15, 0.2) is 0 Å². The average Bonchev–Trinajstić information content (AvgIpc) is 3.10. The smallest absolute Gasteiger partial charge is 0.286 e. The third-order valence-corrected chi connectivity index (χ3v) is 7.90. The van der Waals surface area contributed by atoms with Crippen molar-refractivity contribution in [3.63, 3.8) is 0 Å². The van der Waals surface area contributed by atoms with Gasteiger partial charge in [0, 0.05) is 0 Å². The summed E-state index contributed by atoms with van der Waals surface area (Å²) in [4.78, 5) is 23.3. The van der Waals surface area contributed by atoms with Crippen molar-refractivity contribution in [3.8, 4) is 5.75 Å². The zero-order valence-corrected chi connectivity index (χ0v) is 22.6. The molecule has 190 valence electrons. The van der Waals surface area contributed by atoms with Crippen LogP contribution in [0.1, 0.15) is 74.3 Å². The number of aliphatic hydroxyl groups excluding tert-OH is 1. The number of imide groups is 1. The molecule has 1 aliphatic rings. The Labute approximate surface area is 214 Å². The molecular formula is C29H39NO4S. The van der Waals surface area contributed by atoms with Gasteiger partial charge in [-0.15, -0.1) is 0 Å². The van der Waals surface area contributed by atoms with Crippen molar-refractivity contribution >= 4 is 22.9 Å². The van der Waals surface area contributed by atoms with Crippen LogP contribution in [0, 0.1) is 19.3 Å². The summed E-state index contributed by atoms with van der Waals surface area (Å²) in [5, 5.41) is 12.1. The Bertz CT molecular complexity index is 1060. The fraction of sp³-hybridized carbons (Fsp3) is 0.517. The Hall–Kier alpha value is -2.31. The molecular weight excluding hydrogens is 458 g/mol. The fourth-order valence-electron chi connectivity index (χ4n) is 4.32. The van der Waals surface area contributed by atoms with E-state index in [-0.39, 0.29) is 28.4 Å². The average molecular weight is 498 g/mol. The number of hydrogen-bond donors (Lipinski definition) is 2. The largest absolute Gasteiger partial charge is 0.491 e. The molecule has 2 N–H and O–H groups in total. The predicted octanol–water partition coefficient (Wildman–Crippen LogP) is 6.11. The molecule has 3 unspecified atom stereocenters. The molecule has 0 radical (unpaired) electrons. The second-order valence-electron chi connectivity index (χ2n) is 10.7. The summed E-state index contributed by atoms with van der Waals surface area (Å²) >= 11 is 1.08. The van der Waals surface area contributed by atoms with E-state index in [9.17, 15) is 14.7 Å². The number of thioether (sulfide) groups is 1. The molecule has 1 aliphatic heterocycles. The maximum absolute atomic E-state index is 11.9. The normalized spacial score (nSPS) is 17.9. The number of amides is 2. The van der Waals surface area contributed by atoms with Crippen LogP contribution in [0.4, 0.5) is 4.79 Å². The van der Waals surface area contributed by atoms with Crippen molar-refractivity contribution in [1.29, 1.82) is 0 Å². The molecule has 0 aromatic heterocycles. The first-order chi connectivity index (χ1) is 16.5. The van der Waals surface area contributed by atoms with Crippen molar-refractivity contribution in [1.82, 2.24) is 5.32 Å². The molecule has 0 bridgehead atoms. The van der Waals surface area contributed by atoms with Crippen LogP contribution in [0.25, 0.3) is 0 Å². The molecule has 5 nitrogen and oxygen atoms in total. The van der Waals surface area contributed by atoms with Crippen LogP contribution < -0.4 is 10.1 Å². The second kappa shape index (κ2) is 11.6. The summed E-state index contributed by atoms with van der Waals surface area (Å²) in [5.74, 6) is 1.09. The number of carbonyl (C=O) groups is 2. The number of ether oxygens (including phenoxy) is 1. The van der Waals surface area contributed by atoms with Gasteiger partial charge in [-0.3, -0.25) is 14.9 Å². The maximum atomic E-state index is 11.9. The molecule has 1 saturated heterocycles. The van der Waals surface area contributed by atoms with Gasteiger partial charge in [0.1, 0.15) is 12.4 Å². The minimum atomic E-state index is -0.517. The van der Waals surface area contributed by atoms with Crippen LogP contribution in [0.2, 0.25) is 0 Å². The number of rotatable bonds is 10. The third kappa shape index (κ3) is 7.34. The summed E-state index contributed by atoms with van der Waals surface area (Å²) in [5.41, 5.74) is 5.77. The summed E-state index contributed by atoms with van der Waals surface area (Å²) in [6.45, 7) is 12.7. The van der Waals surface area contributed by atoms with E-state index in [0.717, 1.165) is 53.5 Å². The van der Waals surface area contributed by atoms with E-state index >= 15 is 0 Å². The summed E-state index contributed by atoms with van der Waals surface area (Å²) < 4.78 is 5.91. The first-order valence-corrected chi connectivity index (χ1v) is 13.4. The summed E-state index contributed by atoms with van der Waals surface area (Å²) in [7, 11) is 0. The number of aryl methyl sites for hydroxylation is 3. The van der Waals surface area contributed by atoms with Gasteiger partial charge in [-0.1, -0.05) is 69.8 Å². The highest BCUT2D eigenvalue weighted by atomic mass is 32.2. The Morgan fingerprint density at radius 3 is 2.40 bits per heavy atom. The van der Waals surface area contributed by atoms with Gasteiger partial charge in [-0.25, -0.2) is 0 Å². The SMILES string of the molecule is CCC(CCc1ccc(CC2SC(=O)NC2=O)c(C)c1)c1ccc(OCC(O)C(C)(C)C)c(C)c1. The van der Waals surface area contributed by atoms with Crippen LogP contribution in [-0.2, 0) is 17.6 Å². The Balaban J connectivity index is 1.59. The molecule has 3 atom stereocenters. The van der Waals surface area contributed by atoms with Crippen LogP contribution in [0.3, 0.4) is 0 Å². The highest BCUT2D eigenvalue weighted by molar-refractivity contribution is 8.15. The zero-order chi connectivity index (χ0) is 25.8. The molecule has 6 heteroatoms. The van der Waals surface area contributed by atoms with Crippen molar-refractivity contribution in [3.05, 3.63) is 64.2 Å². The lowest BCUT2D eigenvalue weighted by molar-refractivity contribution is -0.118. The molecule has 0 saturated carbocycles. The Kier molecular flexibility index (Phi) is 9.05. The van der Waals surface area contributed by atoms with Crippen molar-refractivity contribution < 1.29 is 19.4 Å². The molecule has 2 aromatic rings. The van der Waals surface area contributed by atoms with Gasteiger partial charge in [0.25, 0.3) is 5.24 Å². The number of nitrogens with one attached hydrogen (secondary N) is 1. The zero-order valence-electron chi connectivity index (χ0n) is 21.8. The van der Waals surface area contributed by atoms with Gasteiger partial charge < -0.3 is 9.84 Å². The topological polar surface area (TPSA) is 75.6 Å². The minimum absolute atomic E-state index is 0.189. The van der Waals surface area contributed by atoms with E-state index in [1.165, 1.54) is 11.1 Å². The molecule has 1 fully saturated rings. The standard InChI is InChI=1S/C29H39NO4S/c1-7-21(23-12-13-24(19(3)15-23)34-17-26(31)29(4,5)6)10-8-20-9-11-22(18(2)14-20)16-25-27(32)30-28(33)35-25/h9,11-15,21,25-26,31H,7-8,10,16-17H2,1-6H3,(H,30,32,33). The minimum Gasteiger partial charge on any atom is -0.491 e. The number of hydrogen-bond acceptors (Lipinski definition) is 5. The first-order valence-electron chi connectivity index (χ1n) is 12.5. The predicted molar refractivity (Wildman–Crippen MR) is 143 cm³/mol. The maximum Gasteiger partial charge on any atom is 0.286 e. The molecule has 0 aliphatic carbocycles. The Morgan fingerprint density at radius 1 is 1.09 bits per heavy atom. The number of carbonyl (C=O) groups excluding carboxylic acids is 2. The van der Waals surface area contributed by atoms with Gasteiger partial charge in [-0.05, 0) is 84.7 Å². The van der Waals surface area contributed by atoms with Gasteiger partial charge in [-0.2, -0.15) is 0 Å². The lowest BCUT2D eigenvalue weighted by Crippen LogP contribution is -2.32. The molecule has 35 heavy (non-hydrogen) atoms. The number of benzene rings is 2. The lowest BCUT2D eigenvalue weighted by Gasteiger charge is -2.26. The van der Waals surface area contributed by atoms with Crippen molar-refractivity contribution in [2.45, 2.75) is 84.5 Å². The lowest BCUT2D eigenvalue weighted by atomic mass is 9.88. The summed E-state index contributed by atoms with van der Waals surface area (Å²) in [6.07, 6.45) is 3.14. The monoisotopic (exact) mass is 497 g/mol. The molecule has 2 aromatic carbocycles. The van der Waals surface area contributed by atoms with Crippen LogP contribution >= 0.6 is 11.8 Å². The van der Waals surface area contributed by atoms with E-state index in [0.29, 0.717) is 12.3 Å².